The average molecular weight is 492 g/mol. The summed E-state index contributed by atoms with van der Waals surface area (Å²) in [6, 6.07) is 14.3. The van der Waals surface area contributed by atoms with E-state index in [1.807, 2.05) is 49.4 Å². The van der Waals surface area contributed by atoms with Crippen LogP contribution in [-0.2, 0) is 5.75 Å². The van der Waals surface area contributed by atoms with Gasteiger partial charge in [0.05, 0.1) is 20.0 Å². The summed E-state index contributed by atoms with van der Waals surface area (Å²) in [6.45, 7) is 2.04. The molecule has 1 fully saturated rings. The maximum absolute atomic E-state index is 5.56. The predicted octanol–water partition coefficient (Wildman–Crippen LogP) is 6.12. The van der Waals surface area contributed by atoms with Crippen molar-refractivity contribution in [1.82, 2.24) is 24.9 Å². The molecule has 2 aromatic heterocycles. The number of methoxy groups -OCH3 is 2. The van der Waals surface area contributed by atoms with E-state index in [2.05, 4.69) is 24.9 Å². The summed E-state index contributed by atoms with van der Waals surface area (Å²) >= 11 is 1.58. The minimum Gasteiger partial charge on any atom is -0.493 e. The van der Waals surface area contributed by atoms with Gasteiger partial charge in [0.15, 0.2) is 22.5 Å². The number of hydrogen-bond donors (Lipinski definition) is 0. The van der Waals surface area contributed by atoms with Gasteiger partial charge in [-0.05, 0) is 43.5 Å². The maximum atomic E-state index is 5.56. The first-order chi connectivity index (χ1) is 17.2. The topological polar surface area (TPSA) is 88.1 Å². The van der Waals surface area contributed by atoms with Crippen molar-refractivity contribution in [2.24, 2.45) is 0 Å². The van der Waals surface area contributed by atoms with Crippen LogP contribution in [0.5, 0.6) is 11.5 Å². The highest BCUT2D eigenvalue weighted by molar-refractivity contribution is 7.98. The van der Waals surface area contributed by atoms with E-state index in [-0.39, 0.29) is 0 Å². The van der Waals surface area contributed by atoms with Crippen LogP contribution < -0.4 is 9.47 Å². The Labute approximate surface area is 209 Å². The van der Waals surface area contributed by atoms with Crippen LogP contribution in [-0.4, -0.2) is 39.1 Å². The standard InChI is InChI=1S/C26H29N5O3S/c1-17-9-7-8-12-20(17)24-27-23(34-30-24)16-35-26-29-28-25(31(26)19-10-5-4-6-11-19)18-13-14-21(32-2)22(15-18)33-3/h7-9,12-15,19H,4-6,10-11,16H2,1-3H3. The Morgan fingerprint density at radius 2 is 1.80 bits per heavy atom. The van der Waals surface area contributed by atoms with Gasteiger partial charge in [0.2, 0.25) is 11.7 Å². The van der Waals surface area contributed by atoms with Crippen molar-refractivity contribution < 1.29 is 14.0 Å². The minimum absolute atomic E-state index is 0.356. The summed E-state index contributed by atoms with van der Waals surface area (Å²) in [7, 11) is 3.28. The van der Waals surface area contributed by atoms with E-state index in [1.54, 1.807) is 26.0 Å². The van der Waals surface area contributed by atoms with E-state index >= 15 is 0 Å². The van der Waals surface area contributed by atoms with Crippen LogP contribution in [0.2, 0.25) is 0 Å². The van der Waals surface area contributed by atoms with Gasteiger partial charge in [0.25, 0.3) is 0 Å². The molecular weight excluding hydrogens is 462 g/mol. The van der Waals surface area contributed by atoms with Gasteiger partial charge in [-0.1, -0.05) is 60.4 Å². The molecule has 4 aromatic rings. The molecule has 0 spiro atoms. The van der Waals surface area contributed by atoms with Crippen LogP contribution >= 0.6 is 11.8 Å². The van der Waals surface area contributed by atoms with Gasteiger partial charge < -0.3 is 14.0 Å². The Balaban J connectivity index is 1.43. The predicted molar refractivity (Wildman–Crippen MR) is 135 cm³/mol. The van der Waals surface area contributed by atoms with Gasteiger partial charge >= 0.3 is 0 Å². The fraction of sp³-hybridized carbons (Fsp3) is 0.385. The summed E-state index contributed by atoms with van der Waals surface area (Å²) in [5.74, 6) is 3.90. The molecule has 1 aliphatic carbocycles. The van der Waals surface area contributed by atoms with Crippen LogP contribution in [0.4, 0.5) is 0 Å². The normalized spacial score (nSPS) is 14.3. The average Bonchev–Trinajstić information content (AvgIpc) is 3.55. The lowest BCUT2D eigenvalue weighted by molar-refractivity contribution is 0.338. The first-order valence-electron chi connectivity index (χ1n) is 11.9. The third-order valence-corrected chi connectivity index (χ3v) is 7.35. The van der Waals surface area contributed by atoms with E-state index in [0.717, 1.165) is 40.5 Å². The molecule has 0 bridgehead atoms. The summed E-state index contributed by atoms with van der Waals surface area (Å²) in [4.78, 5) is 4.62. The zero-order chi connectivity index (χ0) is 24.2. The summed E-state index contributed by atoms with van der Waals surface area (Å²) < 4.78 is 18.8. The molecule has 2 heterocycles. The molecule has 9 heteroatoms. The smallest absolute Gasteiger partial charge is 0.237 e. The first kappa shape index (κ1) is 23.4. The van der Waals surface area contributed by atoms with Crippen molar-refractivity contribution in [2.45, 2.75) is 56.0 Å². The number of nitrogens with zero attached hydrogens (tertiary/aromatic N) is 5. The molecule has 5 rings (SSSR count). The van der Waals surface area contributed by atoms with Crippen molar-refractivity contribution in [3.63, 3.8) is 0 Å². The molecule has 2 aromatic carbocycles. The lowest BCUT2D eigenvalue weighted by atomic mass is 9.95. The SMILES string of the molecule is COc1ccc(-c2nnc(SCc3nc(-c4ccccc4C)no3)n2C2CCCCC2)cc1OC. The zero-order valence-corrected chi connectivity index (χ0v) is 21.0. The van der Waals surface area contributed by atoms with E-state index < -0.39 is 0 Å². The van der Waals surface area contributed by atoms with E-state index in [4.69, 9.17) is 14.0 Å². The summed E-state index contributed by atoms with van der Waals surface area (Å²) in [5.41, 5.74) is 3.05. The van der Waals surface area contributed by atoms with Crippen molar-refractivity contribution in [2.75, 3.05) is 14.2 Å². The van der Waals surface area contributed by atoms with Crippen molar-refractivity contribution >= 4 is 11.8 Å². The molecule has 1 aliphatic rings. The molecule has 0 amide bonds. The second-order valence-electron chi connectivity index (χ2n) is 8.65. The molecule has 0 N–H and O–H groups in total. The molecule has 1 saturated carbocycles. The van der Waals surface area contributed by atoms with Gasteiger partial charge in [-0.2, -0.15) is 4.98 Å². The van der Waals surface area contributed by atoms with Gasteiger partial charge in [-0.15, -0.1) is 10.2 Å². The van der Waals surface area contributed by atoms with Crippen LogP contribution in [0, 0.1) is 6.92 Å². The van der Waals surface area contributed by atoms with E-state index in [9.17, 15) is 0 Å². The van der Waals surface area contributed by atoms with Crippen LogP contribution in [0.3, 0.4) is 0 Å². The van der Waals surface area contributed by atoms with E-state index in [1.165, 1.54) is 19.3 Å². The Morgan fingerprint density at radius 3 is 2.57 bits per heavy atom. The summed E-state index contributed by atoms with van der Waals surface area (Å²) in [6.07, 6.45) is 5.92. The molecule has 0 aliphatic heterocycles. The number of thioether (sulfide) groups is 1. The fourth-order valence-electron chi connectivity index (χ4n) is 4.59. The Kier molecular flexibility index (Phi) is 7.03. The van der Waals surface area contributed by atoms with Gasteiger partial charge in [-0.25, -0.2) is 0 Å². The van der Waals surface area contributed by atoms with Crippen LogP contribution in [0.15, 0.2) is 52.1 Å². The number of hydrogen-bond acceptors (Lipinski definition) is 8. The first-order valence-corrected chi connectivity index (χ1v) is 12.8. The Bertz CT molecular complexity index is 1300. The summed E-state index contributed by atoms with van der Waals surface area (Å²) in [5, 5.41) is 14.2. The van der Waals surface area contributed by atoms with Crippen LogP contribution in [0.1, 0.15) is 49.6 Å². The highest BCUT2D eigenvalue weighted by Gasteiger charge is 2.25. The quantitative estimate of drug-likeness (QED) is 0.273. The molecule has 0 atom stereocenters. The number of benzene rings is 2. The largest absolute Gasteiger partial charge is 0.493 e. The zero-order valence-electron chi connectivity index (χ0n) is 20.2. The Morgan fingerprint density at radius 1 is 1.00 bits per heavy atom. The molecule has 0 unspecified atom stereocenters. The third-order valence-electron chi connectivity index (χ3n) is 6.42. The molecular formula is C26H29N5O3S. The van der Waals surface area contributed by atoms with Gasteiger partial charge in [0, 0.05) is 17.2 Å². The van der Waals surface area contributed by atoms with Crippen molar-refractivity contribution in [3.8, 4) is 34.3 Å². The van der Waals surface area contributed by atoms with Crippen molar-refractivity contribution in [1.29, 1.82) is 0 Å². The lowest BCUT2D eigenvalue weighted by Gasteiger charge is -2.25. The number of rotatable bonds is 8. The van der Waals surface area contributed by atoms with Crippen LogP contribution in [0.25, 0.3) is 22.8 Å². The highest BCUT2D eigenvalue weighted by atomic mass is 32.2. The highest BCUT2D eigenvalue weighted by Crippen LogP contribution is 2.38. The molecule has 182 valence electrons. The van der Waals surface area contributed by atoms with E-state index in [0.29, 0.717) is 35.0 Å². The van der Waals surface area contributed by atoms with Gasteiger partial charge in [0.1, 0.15) is 0 Å². The Hall–Kier alpha value is -3.33. The number of aryl methyl sites for hydroxylation is 1. The second-order valence-corrected chi connectivity index (χ2v) is 9.60. The third kappa shape index (κ3) is 4.91. The fourth-order valence-corrected chi connectivity index (χ4v) is 5.43. The molecule has 0 radical (unpaired) electrons. The lowest BCUT2D eigenvalue weighted by Crippen LogP contribution is -2.15. The minimum atomic E-state index is 0.356. The monoisotopic (exact) mass is 491 g/mol. The number of ether oxygens (including phenoxy) is 2. The molecule has 0 saturated heterocycles. The molecule has 8 nitrogen and oxygen atoms in total. The number of aromatic nitrogens is 5. The van der Waals surface area contributed by atoms with Gasteiger partial charge in [-0.3, -0.25) is 4.57 Å². The van der Waals surface area contributed by atoms with Crippen molar-refractivity contribution in [3.05, 3.63) is 53.9 Å². The second kappa shape index (κ2) is 10.5. The molecule has 35 heavy (non-hydrogen) atoms. The maximum Gasteiger partial charge on any atom is 0.237 e.